The van der Waals surface area contributed by atoms with E-state index in [2.05, 4.69) is 5.32 Å². The van der Waals surface area contributed by atoms with Gasteiger partial charge in [-0.25, -0.2) is 9.59 Å². The number of carbonyl (C=O) groups is 3. The van der Waals surface area contributed by atoms with Crippen LogP contribution < -0.4 is 5.32 Å². The second-order valence-corrected chi connectivity index (χ2v) is 8.69. The molecule has 0 aromatic heterocycles. The molecular formula is C26H33N2O5+. The first-order valence-corrected chi connectivity index (χ1v) is 11.4. The predicted molar refractivity (Wildman–Crippen MR) is 126 cm³/mol. The van der Waals surface area contributed by atoms with Crippen molar-refractivity contribution in [3.05, 3.63) is 65.2 Å². The van der Waals surface area contributed by atoms with Gasteiger partial charge in [0.15, 0.2) is 12.6 Å². The molecule has 1 aliphatic heterocycles. The summed E-state index contributed by atoms with van der Waals surface area (Å²) in [5, 5.41) is 2.94. The topological polar surface area (TPSA) is 81.7 Å². The van der Waals surface area contributed by atoms with E-state index >= 15 is 0 Å². The summed E-state index contributed by atoms with van der Waals surface area (Å²) in [5.74, 6) is -1.05. The Morgan fingerprint density at radius 3 is 2.36 bits per heavy atom. The van der Waals surface area contributed by atoms with E-state index in [0.29, 0.717) is 15.7 Å². The molecule has 2 aromatic rings. The third-order valence-electron chi connectivity index (χ3n) is 6.52. The van der Waals surface area contributed by atoms with Crippen molar-refractivity contribution in [3.8, 4) is 0 Å². The van der Waals surface area contributed by atoms with E-state index in [1.807, 2.05) is 50.2 Å². The van der Waals surface area contributed by atoms with Crippen LogP contribution in [0.2, 0.25) is 0 Å². The molecule has 2 aromatic carbocycles. The lowest BCUT2D eigenvalue weighted by Gasteiger charge is -2.44. The molecule has 1 atom stereocenters. The van der Waals surface area contributed by atoms with Gasteiger partial charge in [0, 0.05) is 0 Å². The maximum Gasteiger partial charge on any atom is 0.362 e. The normalized spacial score (nSPS) is 15.8. The summed E-state index contributed by atoms with van der Waals surface area (Å²) in [5.41, 5.74) is 2.45. The van der Waals surface area contributed by atoms with Gasteiger partial charge >= 0.3 is 11.9 Å². The van der Waals surface area contributed by atoms with E-state index in [1.165, 1.54) is 7.11 Å². The van der Waals surface area contributed by atoms with Crippen LogP contribution in [0.1, 0.15) is 47.7 Å². The maximum atomic E-state index is 13.4. The van der Waals surface area contributed by atoms with Gasteiger partial charge in [-0.15, -0.1) is 0 Å². The zero-order valence-corrected chi connectivity index (χ0v) is 19.6. The maximum absolute atomic E-state index is 13.4. The van der Waals surface area contributed by atoms with Gasteiger partial charge in [-0.2, -0.15) is 0 Å². The predicted octanol–water partition coefficient (Wildman–Crippen LogP) is 3.85. The third kappa shape index (κ3) is 5.99. The van der Waals surface area contributed by atoms with Crippen molar-refractivity contribution in [2.24, 2.45) is 0 Å². The van der Waals surface area contributed by atoms with Gasteiger partial charge in [0.05, 0.1) is 31.5 Å². The van der Waals surface area contributed by atoms with Crippen LogP contribution in [0.25, 0.3) is 0 Å². The first-order valence-electron chi connectivity index (χ1n) is 11.4. The van der Waals surface area contributed by atoms with Gasteiger partial charge in [-0.3, -0.25) is 4.79 Å². The molecule has 1 aliphatic rings. The van der Waals surface area contributed by atoms with Crippen LogP contribution in [0.3, 0.4) is 0 Å². The van der Waals surface area contributed by atoms with Crippen molar-refractivity contribution in [3.63, 3.8) is 0 Å². The number of amides is 1. The number of hydrogen-bond acceptors (Lipinski definition) is 5. The lowest BCUT2D eigenvalue weighted by molar-refractivity contribution is -0.938. The summed E-state index contributed by atoms with van der Waals surface area (Å²) >= 11 is 0. The standard InChI is InChI=1S/C26H32N2O5/c1-19-11-10-14-22(26(31)32-3)24(19)27-25(30)20(2)28(15-8-5-9-16-28)17-23(29)33-18-21-12-6-4-7-13-21/h4,6-7,10-14,20H,5,8-9,15-18H2,1-3H3/p+1. The van der Waals surface area contributed by atoms with Crippen molar-refractivity contribution >= 4 is 23.5 Å². The number of anilines is 1. The molecule has 0 spiro atoms. The number of ether oxygens (including phenoxy) is 2. The van der Waals surface area contributed by atoms with E-state index in [-0.39, 0.29) is 25.0 Å². The number of para-hydroxylation sites is 1. The van der Waals surface area contributed by atoms with Gasteiger partial charge in [0.1, 0.15) is 6.61 Å². The smallest absolute Gasteiger partial charge is 0.362 e. The minimum absolute atomic E-state index is 0.138. The highest BCUT2D eigenvalue weighted by Gasteiger charge is 2.42. The van der Waals surface area contributed by atoms with Crippen molar-refractivity contribution < 1.29 is 28.3 Å². The highest BCUT2D eigenvalue weighted by Crippen LogP contribution is 2.26. The largest absolute Gasteiger partial charge is 0.465 e. The van der Waals surface area contributed by atoms with Crippen molar-refractivity contribution in [2.75, 3.05) is 32.1 Å². The quantitative estimate of drug-likeness (QED) is 0.485. The minimum Gasteiger partial charge on any atom is -0.465 e. The Morgan fingerprint density at radius 2 is 1.70 bits per heavy atom. The van der Waals surface area contributed by atoms with Gasteiger partial charge in [-0.1, -0.05) is 42.5 Å². The number of likely N-dealkylation sites (tertiary alicyclic amines) is 1. The average Bonchev–Trinajstić information content (AvgIpc) is 2.84. The number of esters is 2. The third-order valence-corrected chi connectivity index (χ3v) is 6.52. The van der Waals surface area contributed by atoms with Crippen LogP contribution in [-0.2, 0) is 25.7 Å². The summed E-state index contributed by atoms with van der Waals surface area (Å²) in [7, 11) is 1.31. The summed E-state index contributed by atoms with van der Waals surface area (Å²) in [4.78, 5) is 38.3. The molecule has 1 unspecified atom stereocenters. The molecule has 1 N–H and O–H groups in total. The van der Waals surface area contributed by atoms with Crippen LogP contribution in [0, 0.1) is 6.92 Å². The summed E-state index contributed by atoms with van der Waals surface area (Å²) < 4.78 is 10.8. The minimum atomic E-state index is -0.506. The van der Waals surface area contributed by atoms with E-state index < -0.39 is 12.0 Å². The molecule has 7 nitrogen and oxygen atoms in total. The van der Waals surface area contributed by atoms with Gasteiger partial charge in [0.25, 0.3) is 5.91 Å². The molecule has 1 amide bonds. The molecule has 176 valence electrons. The van der Waals surface area contributed by atoms with Crippen molar-refractivity contribution in [2.45, 2.75) is 45.8 Å². The highest BCUT2D eigenvalue weighted by atomic mass is 16.5. The molecule has 0 saturated carbocycles. The highest BCUT2D eigenvalue weighted by molar-refractivity contribution is 6.03. The fourth-order valence-corrected chi connectivity index (χ4v) is 4.46. The fraction of sp³-hybridized carbons (Fsp3) is 0.423. The number of nitrogens with one attached hydrogen (secondary N) is 1. The molecule has 1 saturated heterocycles. The zero-order chi connectivity index (χ0) is 23.8. The molecule has 0 aliphatic carbocycles. The Morgan fingerprint density at radius 1 is 1.00 bits per heavy atom. The molecule has 7 heteroatoms. The number of aryl methyl sites for hydroxylation is 1. The van der Waals surface area contributed by atoms with E-state index in [9.17, 15) is 14.4 Å². The lowest BCUT2D eigenvalue weighted by Crippen LogP contribution is -2.63. The van der Waals surface area contributed by atoms with E-state index in [1.54, 1.807) is 12.1 Å². The van der Waals surface area contributed by atoms with Crippen LogP contribution in [0.15, 0.2) is 48.5 Å². The Kier molecular flexibility index (Phi) is 8.22. The van der Waals surface area contributed by atoms with Crippen LogP contribution in [0.5, 0.6) is 0 Å². The van der Waals surface area contributed by atoms with E-state index in [4.69, 9.17) is 9.47 Å². The lowest BCUT2D eigenvalue weighted by atomic mass is 10.0. The van der Waals surface area contributed by atoms with Crippen molar-refractivity contribution in [1.29, 1.82) is 0 Å². The number of methoxy groups -OCH3 is 1. The number of hydrogen-bond donors (Lipinski definition) is 1. The second kappa shape index (κ2) is 11.1. The Labute approximate surface area is 195 Å². The van der Waals surface area contributed by atoms with Gasteiger partial charge in [0.2, 0.25) is 0 Å². The summed E-state index contributed by atoms with van der Waals surface area (Å²) in [6, 6.07) is 14.3. The Hall–Kier alpha value is -3.19. The molecule has 0 bridgehead atoms. The van der Waals surface area contributed by atoms with Crippen molar-refractivity contribution in [1.82, 2.24) is 0 Å². The first-order chi connectivity index (χ1) is 15.9. The number of nitrogens with zero attached hydrogens (tertiary/aromatic N) is 1. The average molecular weight is 454 g/mol. The second-order valence-electron chi connectivity index (χ2n) is 8.69. The number of piperidine rings is 1. The molecule has 1 heterocycles. The molecule has 33 heavy (non-hydrogen) atoms. The van der Waals surface area contributed by atoms with E-state index in [0.717, 1.165) is 43.5 Å². The number of carbonyl (C=O) groups excluding carboxylic acids is 3. The monoisotopic (exact) mass is 453 g/mol. The SMILES string of the molecule is COC(=O)c1cccc(C)c1NC(=O)C(C)[N+]1(CC(=O)OCc2ccccc2)CCCCC1. The van der Waals surface area contributed by atoms with Crippen LogP contribution in [0.4, 0.5) is 5.69 Å². The van der Waals surface area contributed by atoms with Crippen LogP contribution >= 0.6 is 0 Å². The molecular weight excluding hydrogens is 420 g/mol. The molecule has 1 fully saturated rings. The zero-order valence-electron chi connectivity index (χ0n) is 19.6. The number of benzene rings is 2. The number of rotatable bonds is 8. The summed E-state index contributed by atoms with van der Waals surface area (Å²) in [6.07, 6.45) is 2.97. The first kappa shape index (κ1) is 24.5. The fourth-order valence-electron chi connectivity index (χ4n) is 4.46. The number of quaternary nitrogens is 1. The Balaban J connectivity index is 1.75. The van der Waals surface area contributed by atoms with Crippen LogP contribution in [-0.4, -0.2) is 55.1 Å². The van der Waals surface area contributed by atoms with Gasteiger partial charge < -0.3 is 19.3 Å². The Bertz CT molecular complexity index is 983. The van der Waals surface area contributed by atoms with Gasteiger partial charge in [-0.05, 0) is 50.3 Å². The molecule has 3 rings (SSSR count). The molecule has 0 radical (unpaired) electrons. The summed E-state index contributed by atoms with van der Waals surface area (Å²) in [6.45, 7) is 5.49.